The topological polar surface area (TPSA) is 78.1 Å². The predicted octanol–water partition coefficient (Wildman–Crippen LogP) is 5.06. The third kappa shape index (κ3) is 8.33. The Morgan fingerprint density at radius 3 is 2.15 bits per heavy atom. The fourth-order valence-electron chi connectivity index (χ4n) is 2.80. The minimum absolute atomic E-state index is 0.187. The molecule has 3 aromatic rings. The molecular formula is C25H25BrN2O5S. The van der Waals surface area contributed by atoms with Gasteiger partial charge in [0.2, 0.25) is 0 Å². The number of carbonyl (C=O) groups excluding carboxylic acids is 1. The molecule has 34 heavy (non-hydrogen) atoms. The van der Waals surface area contributed by atoms with Crippen molar-refractivity contribution >= 4 is 44.9 Å². The van der Waals surface area contributed by atoms with E-state index < -0.39 is 0 Å². The van der Waals surface area contributed by atoms with Crippen LogP contribution < -0.4 is 24.8 Å². The van der Waals surface area contributed by atoms with E-state index in [1.807, 2.05) is 54.6 Å². The molecule has 0 aliphatic heterocycles. The summed E-state index contributed by atoms with van der Waals surface area (Å²) in [4.78, 5) is 12.5. The molecule has 1 amide bonds. The van der Waals surface area contributed by atoms with Crippen molar-refractivity contribution in [2.24, 2.45) is 0 Å². The van der Waals surface area contributed by atoms with Gasteiger partial charge in [-0.3, -0.25) is 10.1 Å². The number of rotatable bonds is 11. The van der Waals surface area contributed by atoms with Crippen LogP contribution in [0, 0.1) is 0 Å². The molecule has 0 radical (unpaired) electrons. The number of thiocarbonyl (C=S) groups is 1. The Morgan fingerprint density at radius 2 is 1.50 bits per heavy atom. The smallest absolute Gasteiger partial charge is 0.257 e. The summed E-state index contributed by atoms with van der Waals surface area (Å²) >= 11 is 8.68. The van der Waals surface area contributed by atoms with E-state index in [-0.39, 0.29) is 11.0 Å². The highest BCUT2D eigenvalue weighted by Gasteiger charge is 2.11. The minimum atomic E-state index is -0.333. The van der Waals surface area contributed by atoms with Crippen molar-refractivity contribution < 1.29 is 23.7 Å². The number of anilines is 1. The molecule has 0 fully saturated rings. The summed E-state index contributed by atoms with van der Waals surface area (Å²) < 4.78 is 22.5. The molecule has 0 saturated heterocycles. The maximum absolute atomic E-state index is 12.5. The van der Waals surface area contributed by atoms with Gasteiger partial charge in [0, 0.05) is 18.4 Å². The lowest BCUT2D eigenvalue weighted by atomic mass is 10.2. The summed E-state index contributed by atoms with van der Waals surface area (Å²) in [6, 6.07) is 21.9. The molecule has 0 unspecified atom stereocenters. The number of ether oxygens (including phenoxy) is 4. The predicted molar refractivity (Wildman–Crippen MR) is 139 cm³/mol. The number of carbonyl (C=O) groups is 1. The molecule has 0 spiro atoms. The van der Waals surface area contributed by atoms with E-state index in [0.29, 0.717) is 48.0 Å². The Hall–Kier alpha value is -3.14. The Kier molecular flexibility index (Phi) is 10.1. The zero-order chi connectivity index (χ0) is 24.2. The van der Waals surface area contributed by atoms with Crippen molar-refractivity contribution in [3.63, 3.8) is 0 Å². The van der Waals surface area contributed by atoms with E-state index >= 15 is 0 Å². The lowest BCUT2D eigenvalue weighted by Crippen LogP contribution is -2.34. The van der Waals surface area contributed by atoms with Crippen LogP contribution in [0.4, 0.5) is 5.69 Å². The first-order chi connectivity index (χ1) is 16.5. The molecule has 0 aliphatic rings. The van der Waals surface area contributed by atoms with E-state index in [1.54, 1.807) is 25.3 Å². The quantitative estimate of drug-likeness (QED) is 0.258. The molecule has 0 bridgehead atoms. The fourth-order valence-corrected chi connectivity index (χ4v) is 3.51. The van der Waals surface area contributed by atoms with Gasteiger partial charge in [-0.25, -0.2) is 0 Å². The minimum Gasteiger partial charge on any atom is -0.490 e. The second-order valence-electron chi connectivity index (χ2n) is 6.93. The van der Waals surface area contributed by atoms with Gasteiger partial charge in [-0.15, -0.1) is 0 Å². The van der Waals surface area contributed by atoms with Crippen LogP contribution in [0.3, 0.4) is 0 Å². The van der Waals surface area contributed by atoms with Crippen molar-refractivity contribution in [3.05, 3.63) is 82.8 Å². The average Bonchev–Trinajstić information content (AvgIpc) is 2.84. The van der Waals surface area contributed by atoms with E-state index in [4.69, 9.17) is 31.2 Å². The third-order valence-electron chi connectivity index (χ3n) is 4.44. The summed E-state index contributed by atoms with van der Waals surface area (Å²) in [6.45, 7) is 1.75. The molecular weight excluding hydrogens is 520 g/mol. The molecule has 3 aromatic carbocycles. The van der Waals surface area contributed by atoms with Crippen LogP contribution in [0.1, 0.15) is 10.4 Å². The van der Waals surface area contributed by atoms with Crippen LogP contribution in [0.25, 0.3) is 0 Å². The fraction of sp³-hybridized carbons (Fsp3) is 0.200. The second kappa shape index (κ2) is 13.5. The maximum Gasteiger partial charge on any atom is 0.257 e. The van der Waals surface area contributed by atoms with Gasteiger partial charge in [-0.2, -0.15) is 0 Å². The third-order valence-corrected chi connectivity index (χ3v) is 5.27. The van der Waals surface area contributed by atoms with Gasteiger partial charge in [0.25, 0.3) is 5.91 Å². The van der Waals surface area contributed by atoms with E-state index in [2.05, 4.69) is 26.6 Å². The molecule has 3 rings (SSSR count). The van der Waals surface area contributed by atoms with Gasteiger partial charge in [-0.05, 0) is 82.7 Å². The van der Waals surface area contributed by atoms with Crippen molar-refractivity contribution in [1.29, 1.82) is 0 Å². The zero-order valence-electron chi connectivity index (χ0n) is 18.6. The number of amides is 1. The summed E-state index contributed by atoms with van der Waals surface area (Å²) in [6.07, 6.45) is 0. The van der Waals surface area contributed by atoms with Crippen LogP contribution in [-0.4, -0.2) is 44.6 Å². The Morgan fingerprint density at radius 1 is 0.853 bits per heavy atom. The highest BCUT2D eigenvalue weighted by atomic mass is 79.9. The number of methoxy groups -OCH3 is 1. The van der Waals surface area contributed by atoms with Crippen LogP contribution in [0.15, 0.2) is 77.3 Å². The lowest BCUT2D eigenvalue weighted by molar-refractivity contribution is 0.0977. The Labute approximate surface area is 212 Å². The SMILES string of the molecule is COCCOc1ccc(C(=O)NC(=S)Nc2ccc(OCCOc3ccccc3)cc2)cc1Br. The van der Waals surface area contributed by atoms with Crippen LogP contribution in [0.2, 0.25) is 0 Å². The number of nitrogens with one attached hydrogen (secondary N) is 2. The highest BCUT2D eigenvalue weighted by Crippen LogP contribution is 2.26. The van der Waals surface area contributed by atoms with Gasteiger partial charge < -0.3 is 24.3 Å². The molecule has 0 saturated carbocycles. The molecule has 178 valence electrons. The Balaban J connectivity index is 1.42. The van der Waals surface area contributed by atoms with Crippen LogP contribution in [-0.2, 0) is 4.74 Å². The summed E-state index contributed by atoms with van der Waals surface area (Å²) in [5.41, 5.74) is 1.16. The first kappa shape index (κ1) is 25.5. The first-order valence-corrected chi connectivity index (χ1v) is 11.7. The number of hydrogen-bond acceptors (Lipinski definition) is 6. The van der Waals surface area contributed by atoms with Gasteiger partial charge in [-0.1, -0.05) is 18.2 Å². The molecule has 9 heteroatoms. The van der Waals surface area contributed by atoms with Gasteiger partial charge >= 0.3 is 0 Å². The first-order valence-electron chi connectivity index (χ1n) is 10.5. The van der Waals surface area contributed by atoms with Crippen molar-refractivity contribution in [2.75, 3.05) is 38.9 Å². The molecule has 0 heterocycles. The van der Waals surface area contributed by atoms with Crippen LogP contribution >= 0.6 is 28.1 Å². The second-order valence-corrected chi connectivity index (χ2v) is 8.19. The summed E-state index contributed by atoms with van der Waals surface area (Å²) in [7, 11) is 1.61. The zero-order valence-corrected chi connectivity index (χ0v) is 21.0. The van der Waals surface area contributed by atoms with E-state index in [1.165, 1.54) is 0 Å². The van der Waals surface area contributed by atoms with Crippen molar-refractivity contribution in [2.45, 2.75) is 0 Å². The summed E-state index contributed by atoms with van der Waals surface area (Å²) in [5.74, 6) is 1.80. The van der Waals surface area contributed by atoms with Gasteiger partial charge in [0.1, 0.15) is 37.1 Å². The van der Waals surface area contributed by atoms with Gasteiger partial charge in [0.05, 0.1) is 11.1 Å². The summed E-state index contributed by atoms with van der Waals surface area (Å²) in [5, 5.41) is 5.84. The largest absolute Gasteiger partial charge is 0.490 e. The average molecular weight is 545 g/mol. The van der Waals surface area contributed by atoms with Gasteiger partial charge in [0.15, 0.2) is 5.11 Å². The van der Waals surface area contributed by atoms with Crippen LogP contribution in [0.5, 0.6) is 17.2 Å². The maximum atomic E-state index is 12.5. The number of hydrogen-bond donors (Lipinski definition) is 2. The standard InChI is InChI=1S/C25H25BrN2O5S/c1-30-13-14-33-23-12-7-18(17-22(23)26)24(29)28-25(34)27-19-8-10-21(11-9-19)32-16-15-31-20-5-3-2-4-6-20/h2-12,17H,13-16H2,1H3,(H2,27,28,29,34). The van der Waals surface area contributed by atoms with E-state index in [9.17, 15) is 4.79 Å². The van der Waals surface area contributed by atoms with Crippen molar-refractivity contribution in [1.82, 2.24) is 5.32 Å². The molecule has 7 nitrogen and oxygen atoms in total. The van der Waals surface area contributed by atoms with E-state index in [0.717, 1.165) is 11.4 Å². The molecule has 0 atom stereocenters. The normalized spacial score (nSPS) is 10.3. The Bertz CT molecular complexity index is 1080. The van der Waals surface area contributed by atoms with Crippen molar-refractivity contribution in [3.8, 4) is 17.2 Å². The number of benzene rings is 3. The lowest BCUT2D eigenvalue weighted by Gasteiger charge is -2.12. The molecule has 0 aromatic heterocycles. The molecule has 2 N–H and O–H groups in total. The number of para-hydroxylation sites is 1. The number of halogens is 1. The highest BCUT2D eigenvalue weighted by molar-refractivity contribution is 9.10. The monoisotopic (exact) mass is 544 g/mol. The molecule has 0 aliphatic carbocycles.